The van der Waals surface area contributed by atoms with E-state index in [2.05, 4.69) is 0 Å². The molecule has 0 aliphatic rings. The molecule has 1 atom stereocenters. The number of ether oxygens (including phenoxy) is 3. The molecule has 5 heteroatoms. The standard InChI is InChI=1S/C12H17FO4/c1-12(14,11(16-3)17-4)9-7-8(13)5-6-10(9)15-2/h5-7,11,14H,1-4H3. The summed E-state index contributed by atoms with van der Waals surface area (Å²) in [6, 6.07) is 3.90. The predicted octanol–water partition coefficient (Wildman–Crippen LogP) is 1.66. The average Bonchev–Trinajstić information content (AvgIpc) is 2.30. The first-order chi connectivity index (χ1) is 7.97. The molecule has 0 aromatic heterocycles. The average molecular weight is 244 g/mol. The molecule has 1 unspecified atom stereocenters. The molecule has 0 aliphatic heterocycles. The number of halogens is 1. The summed E-state index contributed by atoms with van der Waals surface area (Å²) in [5, 5.41) is 10.4. The Morgan fingerprint density at radius 3 is 2.29 bits per heavy atom. The van der Waals surface area contributed by atoms with E-state index in [9.17, 15) is 9.50 Å². The van der Waals surface area contributed by atoms with Crippen LogP contribution in [0.3, 0.4) is 0 Å². The zero-order valence-corrected chi connectivity index (χ0v) is 10.4. The molecule has 0 spiro atoms. The van der Waals surface area contributed by atoms with Gasteiger partial charge in [0, 0.05) is 19.8 Å². The summed E-state index contributed by atoms with van der Waals surface area (Å²) in [5.74, 6) is -0.0949. The summed E-state index contributed by atoms with van der Waals surface area (Å²) in [7, 11) is 4.24. The molecule has 1 aromatic rings. The van der Waals surface area contributed by atoms with Crippen molar-refractivity contribution in [2.75, 3.05) is 21.3 Å². The minimum absolute atomic E-state index is 0.272. The van der Waals surface area contributed by atoms with Crippen LogP contribution in [0.2, 0.25) is 0 Å². The van der Waals surface area contributed by atoms with Crippen LogP contribution in [0.25, 0.3) is 0 Å². The Balaban J connectivity index is 3.24. The molecular formula is C12H17FO4. The minimum atomic E-state index is -1.52. The summed E-state index contributed by atoms with van der Waals surface area (Å²) in [4.78, 5) is 0. The van der Waals surface area contributed by atoms with E-state index in [0.29, 0.717) is 5.75 Å². The summed E-state index contributed by atoms with van der Waals surface area (Å²) in [5.41, 5.74) is -1.24. The smallest absolute Gasteiger partial charge is 0.189 e. The second kappa shape index (κ2) is 5.44. The second-order valence-electron chi connectivity index (χ2n) is 3.80. The van der Waals surface area contributed by atoms with Crippen molar-refractivity contribution >= 4 is 0 Å². The molecule has 1 N–H and O–H groups in total. The molecule has 0 saturated carbocycles. The molecular weight excluding hydrogens is 227 g/mol. The number of aliphatic hydroxyl groups is 1. The van der Waals surface area contributed by atoms with Gasteiger partial charge >= 0.3 is 0 Å². The van der Waals surface area contributed by atoms with Crippen LogP contribution in [-0.2, 0) is 15.1 Å². The van der Waals surface area contributed by atoms with Gasteiger partial charge < -0.3 is 19.3 Å². The van der Waals surface area contributed by atoms with Gasteiger partial charge in [0.15, 0.2) is 6.29 Å². The van der Waals surface area contributed by atoms with Crippen molar-refractivity contribution in [3.05, 3.63) is 29.6 Å². The number of rotatable bonds is 5. The Morgan fingerprint density at radius 1 is 1.24 bits per heavy atom. The van der Waals surface area contributed by atoms with Gasteiger partial charge in [-0.05, 0) is 25.1 Å². The molecule has 0 fully saturated rings. The van der Waals surface area contributed by atoms with E-state index in [0.717, 1.165) is 0 Å². The largest absolute Gasteiger partial charge is 0.496 e. The van der Waals surface area contributed by atoms with Gasteiger partial charge in [-0.25, -0.2) is 4.39 Å². The van der Waals surface area contributed by atoms with E-state index in [-0.39, 0.29) is 5.56 Å². The maximum absolute atomic E-state index is 13.2. The highest BCUT2D eigenvalue weighted by Crippen LogP contribution is 2.34. The van der Waals surface area contributed by atoms with E-state index >= 15 is 0 Å². The van der Waals surface area contributed by atoms with Gasteiger partial charge in [-0.3, -0.25) is 0 Å². The van der Waals surface area contributed by atoms with Crippen LogP contribution >= 0.6 is 0 Å². The van der Waals surface area contributed by atoms with Crippen LogP contribution in [0, 0.1) is 5.82 Å². The van der Waals surface area contributed by atoms with E-state index in [4.69, 9.17) is 14.2 Å². The Kier molecular flexibility index (Phi) is 4.45. The van der Waals surface area contributed by atoms with Crippen LogP contribution in [-0.4, -0.2) is 32.7 Å². The maximum Gasteiger partial charge on any atom is 0.189 e. The van der Waals surface area contributed by atoms with Crippen LogP contribution < -0.4 is 4.74 Å². The van der Waals surface area contributed by atoms with Crippen LogP contribution in [0.15, 0.2) is 18.2 Å². The maximum atomic E-state index is 13.2. The lowest BCUT2D eigenvalue weighted by Gasteiger charge is -2.31. The number of benzene rings is 1. The first kappa shape index (κ1) is 13.9. The van der Waals surface area contributed by atoms with E-state index in [1.165, 1.54) is 46.5 Å². The molecule has 17 heavy (non-hydrogen) atoms. The van der Waals surface area contributed by atoms with Crippen LogP contribution in [0.4, 0.5) is 4.39 Å². The summed E-state index contributed by atoms with van der Waals surface area (Å²) in [6.07, 6.45) is -0.918. The Hall–Kier alpha value is -1.17. The van der Waals surface area contributed by atoms with Gasteiger partial charge in [-0.2, -0.15) is 0 Å². The summed E-state index contributed by atoms with van der Waals surface area (Å²) >= 11 is 0. The first-order valence-electron chi connectivity index (χ1n) is 5.09. The molecule has 0 heterocycles. The highest BCUT2D eigenvalue weighted by Gasteiger charge is 2.37. The van der Waals surface area contributed by atoms with Gasteiger partial charge in [0.05, 0.1) is 7.11 Å². The second-order valence-corrected chi connectivity index (χ2v) is 3.80. The first-order valence-corrected chi connectivity index (χ1v) is 5.09. The topological polar surface area (TPSA) is 47.9 Å². The predicted molar refractivity (Wildman–Crippen MR) is 60.3 cm³/mol. The number of hydrogen-bond acceptors (Lipinski definition) is 4. The van der Waals surface area contributed by atoms with Crippen LogP contribution in [0.5, 0.6) is 5.75 Å². The van der Waals surface area contributed by atoms with Crippen molar-refractivity contribution in [2.45, 2.75) is 18.8 Å². The molecule has 1 rings (SSSR count). The van der Waals surface area contributed by atoms with Crippen molar-refractivity contribution in [1.29, 1.82) is 0 Å². The van der Waals surface area contributed by atoms with Gasteiger partial charge in [-0.1, -0.05) is 0 Å². The number of hydrogen-bond donors (Lipinski definition) is 1. The Morgan fingerprint density at radius 2 is 1.82 bits per heavy atom. The Bertz CT molecular complexity index is 375. The SMILES string of the molecule is COc1ccc(F)cc1C(C)(O)C(OC)OC. The fourth-order valence-electron chi connectivity index (χ4n) is 1.76. The van der Waals surface area contributed by atoms with E-state index in [1.807, 2.05) is 0 Å². The number of methoxy groups -OCH3 is 3. The van der Waals surface area contributed by atoms with Crippen molar-refractivity contribution in [3.63, 3.8) is 0 Å². The van der Waals surface area contributed by atoms with Crippen molar-refractivity contribution < 1.29 is 23.7 Å². The van der Waals surface area contributed by atoms with Crippen molar-refractivity contribution in [3.8, 4) is 5.75 Å². The molecule has 0 aliphatic carbocycles. The lowest BCUT2D eigenvalue weighted by Crippen LogP contribution is -2.39. The zero-order chi connectivity index (χ0) is 13.1. The third-order valence-corrected chi connectivity index (χ3v) is 2.59. The zero-order valence-electron chi connectivity index (χ0n) is 10.4. The highest BCUT2D eigenvalue weighted by atomic mass is 19.1. The monoisotopic (exact) mass is 244 g/mol. The lowest BCUT2D eigenvalue weighted by atomic mass is 9.94. The van der Waals surface area contributed by atoms with Gasteiger partial charge in [-0.15, -0.1) is 0 Å². The quantitative estimate of drug-likeness (QED) is 0.800. The normalized spacial score (nSPS) is 14.8. The van der Waals surface area contributed by atoms with Gasteiger partial charge in [0.2, 0.25) is 0 Å². The Labute approximate surface area is 99.9 Å². The van der Waals surface area contributed by atoms with Crippen molar-refractivity contribution in [1.82, 2.24) is 0 Å². The molecule has 0 bridgehead atoms. The molecule has 0 amide bonds. The van der Waals surface area contributed by atoms with E-state index < -0.39 is 17.7 Å². The molecule has 4 nitrogen and oxygen atoms in total. The van der Waals surface area contributed by atoms with Gasteiger partial charge in [0.1, 0.15) is 17.2 Å². The van der Waals surface area contributed by atoms with Crippen molar-refractivity contribution in [2.24, 2.45) is 0 Å². The molecule has 0 radical (unpaired) electrons. The third kappa shape index (κ3) is 2.74. The lowest BCUT2D eigenvalue weighted by molar-refractivity contribution is -0.213. The third-order valence-electron chi connectivity index (χ3n) is 2.59. The van der Waals surface area contributed by atoms with Crippen LogP contribution in [0.1, 0.15) is 12.5 Å². The fraction of sp³-hybridized carbons (Fsp3) is 0.500. The highest BCUT2D eigenvalue weighted by molar-refractivity contribution is 5.38. The summed E-state index contributed by atoms with van der Waals surface area (Å²) < 4.78 is 28.3. The minimum Gasteiger partial charge on any atom is -0.496 e. The molecule has 96 valence electrons. The molecule has 1 aromatic carbocycles. The van der Waals surface area contributed by atoms with E-state index in [1.54, 1.807) is 0 Å². The van der Waals surface area contributed by atoms with Gasteiger partial charge in [0.25, 0.3) is 0 Å². The molecule has 0 saturated heterocycles. The summed E-state index contributed by atoms with van der Waals surface area (Å²) in [6.45, 7) is 1.47. The fourth-order valence-corrected chi connectivity index (χ4v) is 1.76.